The van der Waals surface area contributed by atoms with E-state index in [2.05, 4.69) is 10.3 Å². The molecule has 0 bridgehead atoms. The van der Waals surface area contributed by atoms with Crippen molar-refractivity contribution in [1.29, 1.82) is 0 Å². The van der Waals surface area contributed by atoms with E-state index >= 15 is 0 Å². The van der Waals surface area contributed by atoms with E-state index in [-0.39, 0.29) is 11.4 Å². The average molecular weight is 207 g/mol. The molecule has 0 spiro atoms. The maximum Gasteiger partial charge on any atom is 0.416 e. The Labute approximate surface area is 78.1 Å². The summed E-state index contributed by atoms with van der Waals surface area (Å²) >= 11 is 0. The van der Waals surface area contributed by atoms with E-state index in [4.69, 9.17) is 5.11 Å². The minimum atomic E-state index is -4.43. The minimum Gasteiger partial charge on any atom is -0.506 e. The van der Waals surface area contributed by atoms with Crippen LogP contribution in [0, 0.1) is 0 Å². The van der Waals surface area contributed by atoms with Gasteiger partial charge in [0.15, 0.2) is 0 Å². The third-order valence-electron chi connectivity index (χ3n) is 1.54. The molecule has 14 heavy (non-hydrogen) atoms. The molecule has 0 saturated heterocycles. The Hall–Kier alpha value is -1.43. The summed E-state index contributed by atoms with van der Waals surface area (Å²) in [6.45, 7) is 0. The van der Waals surface area contributed by atoms with Crippen LogP contribution in [0.5, 0.6) is 5.75 Å². The number of hydrogen-bond acceptors (Lipinski definition) is 3. The van der Waals surface area contributed by atoms with E-state index in [9.17, 15) is 13.2 Å². The van der Waals surface area contributed by atoms with Gasteiger partial charge in [0.2, 0.25) is 0 Å². The summed E-state index contributed by atoms with van der Waals surface area (Å²) in [7, 11) is 1.24. The fourth-order valence-electron chi connectivity index (χ4n) is 0.904. The topological polar surface area (TPSA) is 41.5 Å². The molecule has 2 N–H and O–H groups in total. The Kier molecular flexibility index (Phi) is 2.85. The molecule has 0 aromatic heterocycles. The number of hydrogen-bond donors (Lipinski definition) is 2. The molecular formula is C8H8F3NO2. The number of halogens is 3. The Bertz CT molecular complexity index is 325. The first kappa shape index (κ1) is 10.6. The number of phenolic OH excluding ortho intramolecular Hbond substituents is 1. The smallest absolute Gasteiger partial charge is 0.416 e. The molecule has 3 nitrogen and oxygen atoms in total. The third kappa shape index (κ3) is 2.29. The van der Waals surface area contributed by atoms with Crippen molar-refractivity contribution in [2.45, 2.75) is 6.18 Å². The maximum atomic E-state index is 12.2. The highest BCUT2D eigenvalue weighted by Gasteiger charge is 2.31. The van der Waals surface area contributed by atoms with Crippen LogP contribution in [0.4, 0.5) is 18.9 Å². The summed E-state index contributed by atoms with van der Waals surface area (Å²) in [6.07, 6.45) is -4.43. The summed E-state index contributed by atoms with van der Waals surface area (Å²) in [5.74, 6) is -0.306. The van der Waals surface area contributed by atoms with Crippen molar-refractivity contribution in [3.05, 3.63) is 23.8 Å². The standard InChI is InChI=1S/C8H8F3NO2/c1-14-12-6-4-5(8(9,10)11)2-3-7(6)13/h2-4,12-13H,1H3. The second-order valence-electron chi connectivity index (χ2n) is 2.54. The zero-order valence-corrected chi connectivity index (χ0v) is 7.22. The minimum absolute atomic E-state index is 0.123. The van der Waals surface area contributed by atoms with E-state index in [1.165, 1.54) is 7.11 Å². The zero-order valence-electron chi connectivity index (χ0n) is 7.22. The lowest BCUT2D eigenvalue weighted by molar-refractivity contribution is -0.137. The summed E-state index contributed by atoms with van der Waals surface area (Å²) < 4.78 is 36.6. The van der Waals surface area contributed by atoms with Gasteiger partial charge in [-0.25, -0.2) is 0 Å². The molecule has 0 radical (unpaired) electrons. The van der Waals surface area contributed by atoms with E-state index in [0.717, 1.165) is 18.2 Å². The van der Waals surface area contributed by atoms with Gasteiger partial charge in [0, 0.05) is 0 Å². The van der Waals surface area contributed by atoms with Crippen molar-refractivity contribution in [3.63, 3.8) is 0 Å². The van der Waals surface area contributed by atoms with Gasteiger partial charge in [0.1, 0.15) is 11.4 Å². The Morgan fingerprint density at radius 3 is 2.50 bits per heavy atom. The molecule has 0 saturated carbocycles. The molecule has 0 aliphatic heterocycles. The molecule has 0 aliphatic carbocycles. The van der Waals surface area contributed by atoms with Gasteiger partial charge in [-0.1, -0.05) is 0 Å². The summed E-state index contributed by atoms with van der Waals surface area (Å²) in [4.78, 5) is 4.40. The van der Waals surface area contributed by atoms with E-state index in [0.29, 0.717) is 0 Å². The predicted molar refractivity (Wildman–Crippen MR) is 43.7 cm³/mol. The van der Waals surface area contributed by atoms with Gasteiger partial charge in [0.05, 0.1) is 12.7 Å². The number of nitrogens with one attached hydrogen (secondary N) is 1. The van der Waals surface area contributed by atoms with Crippen LogP contribution in [0.1, 0.15) is 5.56 Å². The SMILES string of the molecule is CONc1cc(C(F)(F)F)ccc1O. The highest BCUT2D eigenvalue weighted by atomic mass is 19.4. The summed E-state index contributed by atoms with van der Waals surface area (Å²) in [6, 6.07) is 2.50. The molecule has 0 unspecified atom stereocenters. The van der Waals surface area contributed by atoms with Crippen molar-refractivity contribution >= 4 is 5.69 Å². The van der Waals surface area contributed by atoms with Crippen molar-refractivity contribution in [1.82, 2.24) is 0 Å². The second-order valence-corrected chi connectivity index (χ2v) is 2.54. The van der Waals surface area contributed by atoms with Crippen molar-refractivity contribution in [2.75, 3.05) is 12.6 Å². The highest BCUT2D eigenvalue weighted by Crippen LogP contribution is 2.34. The Balaban J connectivity index is 3.06. The van der Waals surface area contributed by atoms with Crippen LogP contribution in [-0.4, -0.2) is 12.2 Å². The zero-order chi connectivity index (χ0) is 10.8. The molecular weight excluding hydrogens is 199 g/mol. The van der Waals surface area contributed by atoms with Crippen LogP contribution in [-0.2, 0) is 11.0 Å². The molecule has 78 valence electrons. The lowest BCUT2D eigenvalue weighted by atomic mass is 10.2. The molecule has 0 aliphatic rings. The van der Waals surface area contributed by atoms with Crippen LogP contribution in [0.15, 0.2) is 18.2 Å². The molecule has 1 aromatic rings. The number of aromatic hydroxyl groups is 1. The Morgan fingerprint density at radius 2 is 2.00 bits per heavy atom. The lowest BCUT2D eigenvalue weighted by Crippen LogP contribution is -2.06. The summed E-state index contributed by atoms with van der Waals surface area (Å²) in [5.41, 5.74) is 1.16. The van der Waals surface area contributed by atoms with Gasteiger partial charge in [-0.15, -0.1) is 0 Å². The fourth-order valence-corrected chi connectivity index (χ4v) is 0.904. The van der Waals surface area contributed by atoms with Gasteiger partial charge < -0.3 is 5.11 Å². The number of anilines is 1. The summed E-state index contributed by atoms with van der Waals surface area (Å²) in [5, 5.41) is 9.12. The van der Waals surface area contributed by atoms with E-state index in [1.807, 2.05) is 0 Å². The third-order valence-corrected chi connectivity index (χ3v) is 1.54. The normalized spacial score (nSPS) is 11.4. The number of alkyl halides is 3. The van der Waals surface area contributed by atoms with Crippen LogP contribution >= 0.6 is 0 Å². The lowest BCUT2D eigenvalue weighted by Gasteiger charge is -2.10. The van der Waals surface area contributed by atoms with Crippen molar-refractivity contribution in [3.8, 4) is 5.75 Å². The van der Waals surface area contributed by atoms with E-state index < -0.39 is 11.7 Å². The quantitative estimate of drug-likeness (QED) is 0.577. The predicted octanol–water partition coefficient (Wildman–Crippen LogP) is 2.38. The first-order valence-corrected chi connectivity index (χ1v) is 3.64. The fraction of sp³-hybridized carbons (Fsp3) is 0.250. The first-order valence-electron chi connectivity index (χ1n) is 3.64. The maximum absolute atomic E-state index is 12.2. The van der Waals surface area contributed by atoms with Crippen LogP contribution in [0.2, 0.25) is 0 Å². The number of benzene rings is 1. The monoisotopic (exact) mass is 207 g/mol. The molecule has 0 atom stereocenters. The van der Waals surface area contributed by atoms with E-state index in [1.54, 1.807) is 0 Å². The molecule has 0 fully saturated rings. The van der Waals surface area contributed by atoms with Gasteiger partial charge in [-0.05, 0) is 18.2 Å². The first-order chi connectivity index (χ1) is 6.45. The van der Waals surface area contributed by atoms with Gasteiger partial charge in [-0.3, -0.25) is 10.3 Å². The molecule has 1 rings (SSSR count). The molecule has 1 aromatic carbocycles. The number of phenols is 1. The molecule has 6 heteroatoms. The van der Waals surface area contributed by atoms with Gasteiger partial charge in [-0.2, -0.15) is 13.2 Å². The van der Waals surface area contributed by atoms with Crippen LogP contribution < -0.4 is 5.48 Å². The Morgan fingerprint density at radius 1 is 1.36 bits per heavy atom. The molecule has 0 amide bonds. The average Bonchev–Trinajstić information content (AvgIpc) is 2.07. The van der Waals surface area contributed by atoms with Gasteiger partial charge in [0.25, 0.3) is 0 Å². The second kappa shape index (κ2) is 3.75. The van der Waals surface area contributed by atoms with Crippen molar-refractivity contribution in [2.24, 2.45) is 0 Å². The van der Waals surface area contributed by atoms with Crippen LogP contribution in [0.3, 0.4) is 0 Å². The van der Waals surface area contributed by atoms with Crippen LogP contribution in [0.25, 0.3) is 0 Å². The van der Waals surface area contributed by atoms with Gasteiger partial charge >= 0.3 is 6.18 Å². The number of rotatable bonds is 2. The highest BCUT2D eigenvalue weighted by molar-refractivity contribution is 5.56. The molecule has 0 heterocycles. The largest absolute Gasteiger partial charge is 0.506 e. The van der Waals surface area contributed by atoms with Crippen molar-refractivity contribution < 1.29 is 23.1 Å².